The second-order valence-electron chi connectivity index (χ2n) is 5.46. The summed E-state index contributed by atoms with van der Waals surface area (Å²) in [6, 6.07) is 16.3. The van der Waals surface area contributed by atoms with Gasteiger partial charge in [0.15, 0.2) is 5.11 Å². The van der Waals surface area contributed by atoms with Crippen LogP contribution in [0.1, 0.15) is 22.7 Å². The third-order valence-electron chi connectivity index (χ3n) is 4.04. The number of pyridine rings is 1. The van der Waals surface area contributed by atoms with E-state index in [0.29, 0.717) is 10.8 Å². The van der Waals surface area contributed by atoms with Crippen molar-refractivity contribution < 1.29 is 4.39 Å². The van der Waals surface area contributed by atoms with E-state index >= 15 is 0 Å². The lowest BCUT2D eigenvalue weighted by Crippen LogP contribution is -2.29. The van der Waals surface area contributed by atoms with E-state index in [-0.39, 0.29) is 17.9 Å². The van der Waals surface area contributed by atoms with Crippen molar-refractivity contribution in [2.24, 2.45) is 0 Å². The third kappa shape index (κ3) is 2.57. The Morgan fingerprint density at radius 3 is 2.62 bits per heavy atom. The normalized spacial score (nSPS) is 20.2. The first-order chi connectivity index (χ1) is 11.8. The molecular weight excluding hydrogens is 341 g/mol. The van der Waals surface area contributed by atoms with E-state index in [0.717, 1.165) is 10.6 Å². The molecule has 0 saturated carbocycles. The Kier molecular flexibility index (Phi) is 4.00. The van der Waals surface area contributed by atoms with E-state index in [9.17, 15) is 4.39 Å². The van der Waals surface area contributed by atoms with E-state index in [1.807, 2.05) is 40.6 Å². The number of hydrogen-bond donors (Lipinski definition) is 1. The van der Waals surface area contributed by atoms with Gasteiger partial charge in [0, 0.05) is 11.1 Å². The molecule has 0 bridgehead atoms. The first kappa shape index (κ1) is 15.2. The predicted molar refractivity (Wildman–Crippen MR) is 98.7 cm³/mol. The number of benzene rings is 1. The molecule has 24 heavy (non-hydrogen) atoms. The van der Waals surface area contributed by atoms with Crippen molar-refractivity contribution in [1.29, 1.82) is 0 Å². The second-order valence-corrected chi connectivity index (χ2v) is 6.83. The molecule has 1 aliphatic heterocycles. The summed E-state index contributed by atoms with van der Waals surface area (Å²) in [5.41, 5.74) is 1.36. The van der Waals surface area contributed by atoms with Gasteiger partial charge in [0.1, 0.15) is 5.82 Å². The van der Waals surface area contributed by atoms with Crippen LogP contribution in [0, 0.1) is 5.82 Å². The molecule has 0 aliphatic carbocycles. The van der Waals surface area contributed by atoms with Gasteiger partial charge in [-0.3, -0.25) is 4.98 Å². The summed E-state index contributed by atoms with van der Waals surface area (Å²) in [6.45, 7) is 0. The molecule has 1 aromatic carbocycles. The molecule has 3 nitrogen and oxygen atoms in total. The summed E-state index contributed by atoms with van der Waals surface area (Å²) in [6.07, 6.45) is 1.76. The first-order valence-corrected chi connectivity index (χ1v) is 8.83. The highest BCUT2D eigenvalue weighted by molar-refractivity contribution is 7.80. The standard InChI is InChI=1S/C18H14FN3S2/c19-12-6-1-2-8-14(12)22-17(15-9-5-11-24-15)16(21-18(22)23)13-7-3-4-10-20-13/h1-11,16-17H,(H,21,23)/t16-,17-/m0/s1. The fraction of sp³-hybridized carbons (Fsp3) is 0.111. The second kappa shape index (κ2) is 6.30. The van der Waals surface area contributed by atoms with E-state index in [4.69, 9.17) is 12.2 Å². The molecule has 1 saturated heterocycles. The minimum absolute atomic E-state index is 0.128. The highest BCUT2D eigenvalue weighted by atomic mass is 32.1. The van der Waals surface area contributed by atoms with Gasteiger partial charge in [0.2, 0.25) is 0 Å². The lowest BCUT2D eigenvalue weighted by molar-refractivity contribution is 0.565. The Bertz CT molecular complexity index is 852. The minimum Gasteiger partial charge on any atom is -0.351 e. The molecule has 3 aromatic rings. The number of thiophene rings is 1. The van der Waals surface area contributed by atoms with Crippen molar-refractivity contribution in [2.75, 3.05) is 4.90 Å². The first-order valence-electron chi connectivity index (χ1n) is 7.54. The van der Waals surface area contributed by atoms with Crippen molar-refractivity contribution >= 4 is 34.4 Å². The van der Waals surface area contributed by atoms with Crippen LogP contribution in [0.15, 0.2) is 66.2 Å². The smallest absolute Gasteiger partial charge is 0.174 e. The van der Waals surface area contributed by atoms with Crippen LogP contribution in [0.25, 0.3) is 0 Å². The van der Waals surface area contributed by atoms with Crippen LogP contribution in [0.3, 0.4) is 0 Å². The Labute approximate surface area is 148 Å². The van der Waals surface area contributed by atoms with Gasteiger partial charge in [-0.15, -0.1) is 11.3 Å². The van der Waals surface area contributed by atoms with Crippen molar-refractivity contribution in [1.82, 2.24) is 10.3 Å². The van der Waals surface area contributed by atoms with Gasteiger partial charge >= 0.3 is 0 Å². The number of thiocarbonyl (C=S) groups is 1. The Morgan fingerprint density at radius 1 is 1.08 bits per heavy atom. The Morgan fingerprint density at radius 2 is 1.92 bits per heavy atom. The van der Waals surface area contributed by atoms with Gasteiger partial charge in [-0.05, 0) is 47.9 Å². The van der Waals surface area contributed by atoms with Gasteiger partial charge in [-0.25, -0.2) is 4.39 Å². The van der Waals surface area contributed by atoms with Crippen LogP contribution in [0.2, 0.25) is 0 Å². The van der Waals surface area contributed by atoms with Gasteiger partial charge in [0.05, 0.1) is 23.5 Å². The molecule has 2 atom stereocenters. The number of aromatic nitrogens is 1. The van der Waals surface area contributed by atoms with E-state index in [2.05, 4.69) is 16.4 Å². The fourth-order valence-corrected chi connectivity index (χ4v) is 4.20. The molecule has 1 fully saturated rings. The van der Waals surface area contributed by atoms with Crippen LogP contribution in [0.5, 0.6) is 0 Å². The van der Waals surface area contributed by atoms with Crippen molar-refractivity contribution in [3.63, 3.8) is 0 Å². The predicted octanol–water partition coefficient (Wildman–Crippen LogP) is 4.46. The zero-order valence-corrected chi connectivity index (χ0v) is 14.2. The molecule has 0 amide bonds. The molecule has 0 radical (unpaired) electrons. The molecule has 3 heterocycles. The number of hydrogen-bond acceptors (Lipinski definition) is 3. The zero-order valence-electron chi connectivity index (χ0n) is 12.6. The highest BCUT2D eigenvalue weighted by Gasteiger charge is 2.41. The molecule has 2 aromatic heterocycles. The van der Waals surface area contributed by atoms with Gasteiger partial charge < -0.3 is 10.2 Å². The lowest BCUT2D eigenvalue weighted by Gasteiger charge is -2.27. The van der Waals surface area contributed by atoms with Gasteiger partial charge in [-0.1, -0.05) is 24.3 Å². The van der Waals surface area contributed by atoms with Crippen LogP contribution in [0.4, 0.5) is 10.1 Å². The monoisotopic (exact) mass is 355 g/mol. The van der Waals surface area contributed by atoms with Gasteiger partial charge in [-0.2, -0.15) is 0 Å². The molecule has 6 heteroatoms. The van der Waals surface area contributed by atoms with E-state index in [1.54, 1.807) is 29.7 Å². The Balaban J connectivity index is 1.84. The quantitative estimate of drug-likeness (QED) is 0.702. The topological polar surface area (TPSA) is 28.2 Å². The number of nitrogens with zero attached hydrogens (tertiary/aromatic N) is 2. The maximum atomic E-state index is 14.4. The SMILES string of the molecule is Fc1ccccc1N1C(=S)N[C@@H](c2ccccn2)[C@@H]1c1cccs1. The average molecular weight is 355 g/mol. The van der Waals surface area contributed by atoms with Crippen LogP contribution < -0.4 is 10.2 Å². The summed E-state index contributed by atoms with van der Waals surface area (Å²) < 4.78 is 14.4. The lowest BCUT2D eigenvalue weighted by atomic mass is 10.0. The van der Waals surface area contributed by atoms with Crippen molar-refractivity contribution in [3.8, 4) is 0 Å². The van der Waals surface area contributed by atoms with Crippen LogP contribution in [-0.2, 0) is 0 Å². The number of halogens is 1. The number of rotatable bonds is 3. The van der Waals surface area contributed by atoms with Crippen molar-refractivity contribution in [3.05, 3.63) is 82.6 Å². The number of anilines is 1. The van der Waals surface area contributed by atoms with Crippen LogP contribution >= 0.6 is 23.6 Å². The maximum absolute atomic E-state index is 14.4. The summed E-state index contributed by atoms with van der Waals surface area (Å²) in [7, 11) is 0. The molecule has 1 N–H and O–H groups in total. The number of nitrogens with one attached hydrogen (secondary N) is 1. The summed E-state index contributed by atoms with van der Waals surface area (Å²) >= 11 is 7.17. The number of para-hydroxylation sites is 1. The van der Waals surface area contributed by atoms with E-state index in [1.165, 1.54) is 6.07 Å². The molecule has 4 rings (SSSR count). The fourth-order valence-electron chi connectivity index (χ4n) is 3.01. The molecular formula is C18H14FN3S2. The van der Waals surface area contributed by atoms with Crippen molar-refractivity contribution in [2.45, 2.75) is 12.1 Å². The Hall–Kier alpha value is -2.31. The van der Waals surface area contributed by atoms with Gasteiger partial charge in [0.25, 0.3) is 0 Å². The molecule has 0 spiro atoms. The van der Waals surface area contributed by atoms with Crippen LogP contribution in [-0.4, -0.2) is 10.1 Å². The van der Waals surface area contributed by atoms with E-state index < -0.39 is 0 Å². The molecule has 120 valence electrons. The largest absolute Gasteiger partial charge is 0.351 e. The third-order valence-corrected chi connectivity index (χ3v) is 5.30. The zero-order chi connectivity index (χ0) is 16.5. The average Bonchev–Trinajstić information content (AvgIpc) is 3.24. The summed E-state index contributed by atoms with van der Waals surface area (Å²) in [5, 5.41) is 5.85. The summed E-state index contributed by atoms with van der Waals surface area (Å²) in [5.74, 6) is -0.287. The maximum Gasteiger partial charge on any atom is 0.174 e. The highest BCUT2D eigenvalue weighted by Crippen LogP contribution is 2.43. The molecule has 0 unspecified atom stereocenters. The molecule has 1 aliphatic rings. The summed E-state index contributed by atoms with van der Waals surface area (Å²) in [4.78, 5) is 7.44. The minimum atomic E-state index is -0.287.